The Labute approximate surface area is 113 Å². The van der Waals surface area contributed by atoms with Gasteiger partial charge in [0, 0.05) is 13.1 Å². The molecular formula is C14H21NO4. The third-order valence-electron chi connectivity index (χ3n) is 2.63. The fourth-order valence-electron chi connectivity index (χ4n) is 1.57. The van der Waals surface area contributed by atoms with Crippen LogP contribution in [0.1, 0.15) is 12.5 Å². The molecule has 0 radical (unpaired) electrons. The molecule has 0 aliphatic rings. The first-order valence-corrected chi connectivity index (χ1v) is 6.16. The average Bonchev–Trinajstić information content (AvgIpc) is 2.37. The molecule has 0 saturated heterocycles. The van der Waals surface area contributed by atoms with Crippen molar-refractivity contribution in [3.05, 3.63) is 29.8 Å². The molecule has 1 unspecified atom stereocenters. The lowest BCUT2D eigenvalue weighted by Crippen LogP contribution is -2.46. The van der Waals surface area contributed by atoms with E-state index in [-0.39, 0.29) is 6.54 Å². The van der Waals surface area contributed by atoms with Gasteiger partial charge in [0.05, 0.1) is 7.11 Å². The van der Waals surface area contributed by atoms with Crippen molar-refractivity contribution in [2.75, 3.05) is 26.8 Å². The molecule has 0 aromatic heterocycles. The number of benzene rings is 1. The van der Waals surface area contributed by atoms with E-state index < -0.39 is 11.6 Å². The molecule has 2 N–H and O–H groups in total. The van der Waals surface area contributed by atoms with Gasteiger partial charge in [-0.2, -0.15) is 0 Å². The summed E-state index contributed by atoms with van der Waals surface area (Å²) in [5.74, 6) is 0.154. The van der Waals surface area contributed by atoms with Crippen molar-refractivity contribution in [2.45, 2.75) is 19.4 Å². The van der Waals surface area contributed by atoms with Crippen LogP contribution >= 0.6 is 0 Å². The maximum atomic E-state index is 11.2. The highest BCUT2D eigenvalue weighted by atomic mass is 16.5. The van der Waals surface area contributed by atoms with E-state index in [0.29, 0.717) is 13.2 Å². The predicted molar refractivity (Wildman–Crippen MR) is 72.2 cm³/mol. The van der Waals surface area contributed by atoms with Crippen LogP contribution in [0.5, 0.6) is 5.75 Å². The summed E-state index contributed by atoms with van der Waals surface area (Å²) >= 11 is 0. The Morgan fingerprint density at radius 3 is 2.84 bits per heavy atom. The third kappa shape index (κ3) is 5.28. The molecule has 106 valence electrons. The van der Waals surface area contributed by atoms with Gasteiger partial charge in [-0.3, -0.25) is 0 Å². The molecule has 0 aliphatic heterocycles. The molecule has 0 saturated carbocycles. The summed E-state index contributed by atoms with van der Waals surface area (Å²) in [5, 5.41) is 12.7. The highest BCUT2D eigenvalue weighted by molar-refractivity contribution is 5.78. The fourth-order valence-corrected chi connectivity index (χ4v) is 1.57. The van der Waals surface area contributed by atoms with Gasteiger partial charge >= 0.3 is 5.97 Å². The topological polar surface area (TPSA) is 67.8 Å². The van der Waals surface area contributed by atoms with Gasteiger partial charge in [-0.25, -0.2) is 4.79 Å². The van der Waals surface area contributed by atoms with E-state index in [1.54, 1.807) is 0 Å². The van der Waals surface area contributed by atoms with Crippen LogP contribution in [0, 0.1) is 6.92 Å². The fraction of sp³-hybridized carbons (Fsp3) is 0.500. The Hall–Kier alpha value is -1.59. The molecule has 5 heteroatoms. The van der Waals surface area contributed by atoms with Crippen molar-refractivity contribution >= 4 is 5.97 Å². The predicted octanol–water partition coefficient (Wildman–Crippen LogP) is 0.887. The van der Waals surface area contributed by atoms with Gasteiger partial charge in [0.2, 0.25) is 0 Å². The number of methoxy groups -OCH3 is 1. The van der Waals surface area contributed by atoms with Gasteiger partial charge in [-0.15, -0.1) is 0 Å². The van der Waals surface area contributed by atoms with Crippen molar-refractivity contribution in [2.24, 2.45) is 0 Å². The van der Waals surface area contributed by atoms with Gasteiger partial charge in [0.1, 0.15) is 12.4 Å². The Morgan fingerprint density at radius 1 is 1.47 bits per heavy atom. The number of nitrogens with one attached hydrogen (secondary N) is 1. The largest absolute Gasteiger partial charge is 0.492 e. The maximum Gasteiger partial charge on any atom is 0.338 e. The molecule has 0 heterocycles. The first-order chi connectivity index (χ1) is 8.95. The molecule has 0 fully saturated rings. The molecule has 1 rings (SSSR count). The zero-order valence-corrected chi connectivity index (χ0v) is 11.6. The van der Waals surface area contributed by atoms with Crippen molar-refractivity contribution in [3.8, 4) is 5.75 Å². The number of aliphatic hydroxyl groups is 1. The van der Waals surface area contributed by atoms with E-state index in [0.717, 1.165) is 11.3 Å². The summed E-state index contributed by atoms with van der Waals surface area (Å²) in [6.07, 6.45) is 0. The minimum atomic E-state index is -1.52. The van der Waals surface area contributed by atoms with E-state index in [9.17, 15) is 9.90 Å². The second-order valence-electron chi connectivity index (χ2n) is 4.61. The van der Waals surface area contributed by atoms with Crippen LogP contribution < -0.4 is 10.1 Å². The molecule has 19 heavy (non-hydrogen) atoms. The zero-order chi connectivity index (χ0) is 14.3. The summed E-state index contributed by atoms with van der Waals surface area (Å²) < 4.78 is 10.0. The highest BCUT2D eigenvalue weighted by Gasteiger charge is 2.30. The Morgan fingerprint density at radius 2 is 2.21 bits per heavy atom. The number of rotatable bonds is 7. The zero-order valence-electron chi connectivity index (χ0n) is 11.6. The SMILES string of the molecule is COC(=O)C(C)(O)CNCCOc1cccc(C)c1. The number of esters is 1. The number of hydrogen-bond donors (Lipinski definition) is 2. The second kappa shape index (κ2) is 7.11. The normalized spacial score (nSPS) is 13.7. The highest BCUT2D eigenvalue weighted by Crippen LogP contribution is 2.11. The van der Waals surface area contributed by atoms with Gasteiger partial charge in [-0.1, -0.05) is 12.1 Å². The third-order valence-corrected chi connectivity index (χ3v) is 2.63. The molecular weight excluding hydrogens is 246 g/mol. The quantitative estimate of drug-likeness (QED) is 0.567. The van der Waals surface area contributed by atoms with Crippen molar-refractivity contribution < 1.29 is 19.4 Å². The summed E-state index contributed by atoms with van der Waals surface area (Å²) in [4.78, 5) is 11.2. The number of aryl methyl sites for hydroxylation is 1. The molecule has 0 bridgehead atoms. The Bertz CT molecular complexity index is 418. The van der Waals surface area contributed by atoms with Crippen molar-refractivity contribution in [1.82, 2.24) is 5.32 Å². The summed E-state index contributed by atoms with van der Waals surface area (Å²) in [6.45, 7) is 4.52. The second-order valence-corrected chi connectivity index (χ2v) is 4.61. The first kappa shape index (κ1) is 15.5. The lowest BCUT2D eigenvalue weighted by atomic mass is 10.1. The van der Waals surface area contributed by atoms with Crippen LogP contribution in [-0.2, 0) is 9.53 Å². The average molecular weight is 267 g/mol. The van der Waals surface area contributed by atoms with Gasteiger partial charge in [0.15, 0.2) is 5.60 Å². The standard InChI is InChI=1S/C14H21NO4/c1-11-5-4-6-12(9-11)19-8-7-15-10-14(2,17)13(16)18-3/h4-6,9,15,17H,7-8,10H2,1-3H3. The molecule has 0 spiro atoms. The lowest BCUT2D eigenvalue weighted by Gasteiger charge is -2.20. The van der Waals surface area contributed by atoms with Crippen LogP contribution in [0.25, 0.3) is 0 Å². The number of carbonyl (C=O) groups is 1. The molecule has 1 atom stereocenters. The van der Waals surface area contributed by atoms with Gasteiger partial charge < -0.3 is 19.9 Å². The smallest absolute Gasteiger partial charge is 0.338 e. The maximum absolute atomic E-state index is 11.2. The number of hydrogen-bond acceptors (Lipinski definition) is 5. The molecule has 1 aromatic rings. The monoisotopic (exact) mass is 267 g/mol. The number of carbonyl (C=O) groups excluding carboxylic acids is 1. The summed E-state index contributed by atoms with van der Waals surface area (Å²) in [5.41, 5.74) is -0.378. The van der Waals surface area contributed by atoms with E-state index in [1.165, 1.54) is 14.0 Å². The Kier molecular flexibility index (Phi) is 5.79. The molecule has 5 nitrogen and oxygen atoms in total. The van der Waals surface area contributed by atoms with E-state index >= 15 is 0 Å². The molecule has 0 amide bonds. The minimum absolute atomic E-state index is 0.122. The van der Waals surface area contributed by atoms with E-state index in [4.69, 9.17) is 4.74 Å². The number of ether oxygens (including phenoxy) is 2. The van der Waals surface area contributed by atoms with Crippen LogP contribution in [0.2, 0.25) is 0 Å². The van der Waals surface area contributed by atoms with Crippen LogP contribution in [-0.4, -0.2) is 43.5 Å². The van der Waals surface area contributed by atoms with Gasteiger partial charge in [0.25, 0.3) is 0 Å². The van der Waals surface area contributed by atoms with E-state index in [2.05, 4.69) is 10.1 Å². The van der Waals surface area contributed by atoms with Gasteiger partial charge in [-0.05, 0) is 31.5 Å². The van der Waals surface area contributed by atoms with Crippen LogP contribution in [0.15, 0.2) is 24.3 Å². The summed E-state index contributed by atoms with van der Waals surface area (Å²) in [7, 11) is 1.25. The van der Waals surface area contributed by atoms with E-state index in [1.807, 2.05) is 31.2 Å². The molecule has 1 aromatic carbocycles. The molecule has 0 aliphatic carbocycles. The van der Waals surface area contributed by atoms with Crippen LogP contribution in [0.3, 0.4) is 0 Å². The Balaban J connectivity index is 2.23. The first-order valence-electron chi connectivity index (χ1n) is 6.16. The van der Waals surface area contributed by atoms with Crippen molar-refractivity contribution in [3.63, 3.8) is 0 Å². The minimum Gasteiger partial charge on any atom is -0.492 e. The lowest BCUT2D eigenvalue weighted by molar-refractivity contribution is -0.159. The summed E-state index contributed by atoms with van der Waals surface area (Å²) in [6, 6.07) is 7.76. The van der Waals surface area contributed by atoms with Crippen LogP contribution in [0.4, 0.5) is 0 Å². The van der Waals surface area contributed by atoms with Crippen molar-refractivity contribution in [1.29, 1.82) is 0 Å².